The number of alkyl halides is 3. The highest BCUT2D eigenvalue weighted by atomic mass is 32.1. The molecule has 0 atom stereocenters. The number of halogens is 4. The SMILES string of the molecule is CC(C)(C)OC(=O)N1CCC(Cn2c(=NC(=O)C(F)(F)F)sc3cc(F)ccc32)CC1. The number of carbonyl (C=O) groups excluding carboxylic acids is 2. The highest BCUT2D eigenvalue weighted by molar-refractivity contribution is 7.16. The summed E-state index contributed by atoms with van der Waals surface area (Å²) in [6, 6.07) is 3.89. The zero-order valence-corrected chi connectivity index (χ0v) is 18.1. The van der Waals surface area contributed by atoms with E-state index >= 15 is 0 Å². The molecule has 0 saturated carbocycles. The number of rotatable bonds is 2. The van der Waals surface area contributed by atoms with E-state index in [2.05, 4.69) is 4.99 Å². The van der Waals surface area contributed by atoms with Crippen molar-refractivity contribution in [1.29, 1.82) is 0 Å². The smallest absolute Gasteiger partial charge is 0.444 e. The molecule has 0 bridgehead atoms. The number of piperidine rings is 1. The summed E-state index contributed by atoms with van der Waals surface area (Å²) in [5.41, 5.74) is -0.0921. The molecule has 0 aliphatic carbocycles. The van der Waals surface area contributed by atoms with Gasteiger partial charge in [-0.25, -0.2) is 9.18 Å². The molecule has 1 aliphatic heterocycles. The summed E-state index contributed by atoms with van der Waals surface area (Å²) < 4.78 is 59.1. The predicted molar refractivity (Wildman–Crippen MR) is 107 cm³/mol. The zero-order valence-electron chi connectivity index (χ0n) is 17.3. The number of hydrogen-bond acceptors (Lipinski definition) is 4. The van der Waals surface area contributed by atoms with E-state index in [1.165, 1.54) is 22.8 Å². The second kappa shape index (κ2) is 8.60. The first-order valence-electron chi connectivity index (χ1n) is 9.76. The largest absolute Gasteiger partial charge is 0.473 e. The minimum Gasteiger partial charge on any atom is -0.444 e. The monoisotopic (exact) mass is 461 g/mol. The molecule has 0 spiro atoms. The van der Waals surface area contributed by atoms with Gasteiger partial charge in [0.15, 0.2) is 4.80 Å². The van der Waals surface area contributed by atoms with Crippen molar-refractivity contribution in [2.24, 2.45) is 10.9 Å². The Hall–Kier alpha value is -2.43. The molecule has 1 aromatic heterocycles. The molecule has 1 fully saturated rings. The van der Waals surface area contributed by atoms with Crippen LogP contribution in [0.25, 0.3) is 10.2 Å². The number of ether oxygens (including phenoxy) is 1. The number of amides is 2. The normalized spacial score (nSPS) is 16.7. The molecule has 2 amide bonds. The lowest BCUT2D eigenvalue weighted by Crippen LogP contribution is -2.42. The van der Waals surface area contributed by atoms with Gasteiger partial charge in [0, 0.05) is 19.6 Å². The van der Waals surface area contributed by atoms with Crippen LogP contribution < -0.4 is 4.80 Å². The van der Waals surface area contributed by atoms with E-state index in [4.69, 9.17) is 4.74 Å². The Balaban J connectivity index is 1.82. The van der Waals surface area contributed by atoms with Crippen molar-refractivity contribution in [3.05, 3.63) is 28.8 Å². The van der Waals surface area contributed by atoms with Gasteiger partial charge in [-0.05, 0) is 57.7 Å². The number of likely N-dealkylation sites (tertiary alicyclic amines) is 1. The lowest BCUT2D eigenvalue weighted by atomic mass is 9.97. The summed E-state index contributed by atoms with van der Waals surface area (Å²) in [6.45, 7) is 6.55. The van der Waals surface area contributed by atoms with Crippen molar-refractivity contribution in [1.82, 2.24) is 9.47 Å². The Kier molecular flexibility index (Phi) is 6.45. The van der Waals surface area contributed by atoms with Gasteiger partial charge in [0.2, 0.25) is 0 Å². The molecule has 0 radical (unpaired) electrons. The van der Waals surface area contributed by atoms with Crippen LogP contribution in [0, 0.1) is 11.7 Å². The minimum absolute atomic E-state index is 0.0430. The van der Waals surface area contributed by atoms with Gasteiger partial charge in [-0.15, -0.1) is 0 Å². The first kappa shape index (κ1) is 23.2. The van der Waals surface area contributed by atoms with E-state index < -0.39 is 29.6 Å². The molecule has 3 rings (SSSR count). The van der Waals surface area contributed by atoms with Gasteiger partial charge < -0.3 is 14.2 Å². The molecular weight excluding hydrogens is 438 g/mol. The molecule has 0 unspecified atom stereocenters. The molecular formula is C20H23F4N3O3S. The quantitative estimate of drug-likeness (QED) is 0.620. The van der Waals surface area contributed by atoms with Crippen LogP contribution in [0.15, 0.2) is 23.2 Å². The number of thiazole rings is 1. The Morgan fingerprint density at radius 1 is 1.19 bits per heavy atom. The Morgan fingerprint density at radius 2 is 1.84 bits per heavy atom. The molecule has 1 saturated heterocycles. The van der Waals surface area contributed by atoms with Crippen LogP contribution in [-0.4, -0.2) is 46.3 Å². The molecule has 170 valence electrons. The van der Waals surface area contributed by atoms with Crippen LogP contribution in [0.1, 0.15) is 33.6 Å². The fraction of sp³-hybridized carbons (Fsp3) is 0.550. The van der Waals surface area contributed by atoms with E-state index in [-0.39, 0.29) is 10.7 Å². The molecule has 1 aromatic carbocycles. The van der Waals surface area contributed by atoms with Crippen molar-refractivity contribution < 1.29 is 31.9 Å². The number of benzene rings is 1. The molecule has 11 heteroatoms. The standard InChI is InChI=1S/C20H23F4N3O3S/c1-19(2,3)30-18(29)26-8-6-12(7-9-26)11-27-14-5-4-13(21)10-15(14)31-17(27)25-16(28)20(22,23)24/h4-5,10,12H,6-9,11H2,1-3H3. The predicted octanol–water partition coefficient (Wildman–Crippen LogP) is 4.48. The maximum absolute atomic E-state index is 13.6. The fourth-order valence-corrected chi connectivity index (χ4v) is 4.40. The molecule has 2 heterocycles. The molecule has 31 heavy (non-hydrogen) atoms. The first-order valence-corrected chi connectivity index (χ1v) is 10.6. The molecule has 6 nitrogen and oxygen atoms in total. The van der Waals surface area contributed by atoms with E-state index in [0.29, 0.717) is 42.7 Å². The van der Waals surface area contributed by atoms with Gasteiger partial charge in [0.05, 0.1) is 10.2 Å². The van der Waals surface area contributed by atoms with Crippen LogP contribution in [0.3, 0.4) is 0 Å². The summed E-state index contributed by atoms with van der Waals surface area (Å²) in [7, 11) is 0. The van der Waals surface area contributed by atoms with E-state index in [0.717, 1.165) is 11.3 Å². The third-order valence-corrected chi connectivity index (χ3v) is 5.83. The summed E-state index contributed by atoms with van der Waals surface area (Å²) in [5, 5.41) is 0. The van der Waals surface area contributed by atoms with Gasteiger partial charge in [-0.3, -0.25) is 4.79 Å². The van der Waals surface area contributed by atoms with Gasteiger partial charge in [0.25, 0.3) is 0 Å². The topological polar surface area (TPSA) is 63.9 Å². The first-order chi connectivity index (χ1) is 14.3. The molecule has 1 aliphatic rings. The summed E-state index contributed by atoms with van der Waals surface area (Å²) in [4.78, 5) is 28.4. The van der Waals surface area contributed by atoms with Crippen molar-refractivity contribution in [2.75, 3.05) is 13.1 Å². The fourth-order valence-electron chi connectivity index (χ4n) is 3.34. The Bertz CT molecular complexity index is 1040. The summed E-state index contributed by atoms with van der Waals surface area (Å²) >= 11 is 0.834. The van der Waals surface area contributed by atoms with Crippen LogP contribution in [0.4, 0.5) is 22.4 Å². The van der Waals surface area contributed by atoms with Gasteiger partial charge in [-0.1, -0.05) is 11.3 Å². The second-order valence-corrected chi connectivity index (χ2v) is 9.44. The van der Waals surface area contributed by atoms with Gasteiger partial charge in [-0.2, -0.15) is 18.2 Å². The average molecular weight is 461 g/mol. The number of aromatic nitrogens is 1. The molecule has 2 aromatic rings. The highest BCUT2D eigenvalue weighted by Crippen LogP contribution is 2.25. The van der Waals surface area contributed by atoms with Gasteiger partial charge in [0.1, 0.15) is 11.4 Å². The van der Waals surface area contributed by atoms with Crippen molar-refractivity contribution in [3.8, 4) is 0 Å². The van der Waals surface area contributed by atoms with E-state index in [9.17, 15) is 27.2 Å². The zero-order chi connectivity index (χ0) is 23.0. The third-order valence-electron chi connectivity index (χ3n) is 4.79. The number of fused-ring (bicyclic) bond motifs is 1. The minimum atomic E-state index is -5.09. The van der Waals surface area contributed by atoms with Crippen LogP contribution >= 0.6 is 11.3 Å². The van der Waals surface area contributed by atoms with Crippen molar-refractivity contribution in [2.45, 2.75) is 51.9 Å². The number of nitrogens with zero attached hydrogens (tertiary/aromatic N) is 3. The van der Waals surface area contributed by atoms with Gasteiger partial charge >= 0.3 is 18.2 Å². The molecule has 0 N–H and O–H groups in total. The lowest BCUT2D eigenvalue weighted by Gasteiger charge is -2.33. The van der Waals surface area contributed by atoms with Crippen molar-refractivity contribution in [3.63, 3.8) is 0 Å². The second-order valence-electron chi connectivity index (χ2n) is 8.43. The van der Waals surface area contributed by atoms with Crippen LogP contribution in [0.2, 0.25) is 0 Å². The Morgan fingerprint density at radius 3 is 2.42 bits per heavy atom. The van der Waals surface area contributed by atoms with Crippen LogP contribution in [0.5, 0.6) is 0 Å². The summed E-state index contributed by atoms with van der Waals surface area (Å²) in [5.74, 6) is -2.69. The van der Waals surface area contributed by atoms with E-state index in [1.807, 2.05) is 0 Å². The van der Waals surface area contributed by atoms with Crippen molar-refractivity contribution >= 4 is 33.6 Å². The highest BCUT2D eigenvalue weighted by Gasteiger charge is 2.39. The average Bonchev–Trinajstić information content (AvgIpc) is 2.96. The van der Waals surface area contributed by atoms with E-state index in [1.54, 1.807) is 25.7 Å². The number of hydrogen-bond donors (Lipinski definition) is 0. The summed E-state index contributed by atoms with van der Waals surface area (Å²) in [6.07, 6.45) is -4.27. The lowest BCUT2D eigenvalue weighted by molar-refractivity contribution is -0.169. The maximum atomic E-state index is 13.6. The Labute approximate surface area is 180 Å². The number of carbonyl (C=O) groups is 2. The maximum Gasteiger partial charge on any atom is 0.473 e. The third kappa shape index (κ3) is 5.84. The van der Waals surface area contributed by atoms with Crippen LogP contribution in [-0.2, 0) is 16.1 Å².